The van der Waals surface area contributed by atoms with Gasteiger partial charge >= 0.3 is 5.97 Å². The van der Waals surface area contributed by atoms with Crippen LogP contribution in [0.2, 0.25) is 0 Å². The van der Waals surface area contributed by atoms with Crippen molar-refractivity contribution < 1.29 is 83.6 Å². The molecule has 0 bridgehead atoms. The SMILES string of the molecule is COC1=Cc2cc(OC)c(O[C@@H]3O[C@H](CO)[C@@H](O)[C@H](O)[C@H]3O[C@@H]3O[C@H](COC(=O)/C=C/c4ccc(O)c(O)c4)[C@@H](O)[C@H](O)[C@H]3O)c3c(-c4ccccc4)ccc(c23)C1=O. The number of hydrogen-bond acceptors (Lipinski definition) is 17. The van der Waals surface area contributed by atoms with E-state index in [-0.39, 0.29) is 28.6 Å². The predicted molar refractivity (Wildman–Crippen MR) is 205 cm³/mol. The van der Waals surface area contributed by atoms with Gasteiger partial charge in [-0.05, 0) is 58.7 Å². The zero-order valence-corrected chi connectivity index (χ0v) is 31.5. The number of ether oxygens (including phenoxy) is 7. The van der Waals surface area contributed by atoms with E-state index in [1.54, 1.807) is 24.3 Å². The Morgan fingerprint density at radius 2 is 1.47 bits per heavy atom. The minimum atomic E-state index is -1.97. The zero-order valence-electron chi connectivity index (χ0n) is 31.5. The fourth-order valence-electron chi connectivity index (χ4n) is 7.22. The second-order valence-electron chi connectivity index (χ2n) is 14.0. The number of phenolic OH excluding ortho intramolecular Hbond substituents is 2. The zero-order chi connectivity index (χ0) is 42.1. The molecule has 1 aliphatic carbocycles. The summed E-state index contributed by atoms with van der Waals surface area (Å²) in [6.07, 6.45) is -13.8. The number of aliphatic hydroxyl groups excluding tert-OH is 6. The molecule has 7 rings (SSSR count). The highest BCUT2D eigenvalue weighted by Gasteiger charge is 2.52. The van der Waals surface area contributed by atoms with Crippen molar-refractivity contribution in [1.29, 1.82) is 0 Å². The minimum absolute atomic E-state index is 0.00817. The number of carbonyl (C=O) groups is 2. The van der Waals surface area contributed by atoms with Crippen LogP contribution < -0.4 is 9.47 Å². The molecule has 8 N–H and O–H groups in total. The molecule has 0 amide bonds. The van der Waals surface area contributed by atoms with Crippen molar-refractivity contribution in [2.45, 2.75) is 61.4 Å². The lowest BCUT2D eigenvalue weighted by molar-refractivity contribution is -0.357. The molecule has 0 radical (unpaired) electrons. The topological polar surface area (TPSA) is 261 Å². The van der Waals surface area contributed by atoms with Gasteiger partial charge in [0, 0.05) is 22.4 Å². The molecule has 312 valence electrons. The monoisotopic (exact) mass is 818 g/mol. The van der Waals surface area contributed by atoms with Crippen molar-refractivity contribution in [2.75, 3.05) is 27.4 Å². The molecule has 17 heteroatoms. The molecule has 2 heterocycles. The smallest absolute Gasteiger partial charge is 0.330 e. The number of esters is 1. The van der Waals surface area contributed by atoms with Crippen LogP contribution >= 0.6 is 0 Å². The second-order valence-corrected chi connectivity index (χ2v) is 14.0. The summed E-state index contributed by atoms with van der Waals surface area (Å²) in [6.45, 7) is -1.44. The average Bonchev–Trinajstić information content (AvgIpc) is 3.24. The number of rotatable bonds is 12. The van der Waals surface area contributed by atoms with Crippen LogP contribution in [-0.4, -0.2) is 141 Å². The third-order valence-corrected chi connectivity index (χ3v) is 10.3. The first-order chi connectivity index (χ1) is 28.3. The van der Waals surface area contributed by atoms with Gasteiger partial charge in [-0.2, -0.15) is 0 Å². The fourth-order valence-corrected chi connectivity index (χ4v) is 7.22. The van der Waals surface area contributed by atoms with Crippen molar-refractivity contribution in [3.8, 4) is 34.1 Å². The van der Waals surface area contributed by atoms with Crippen LogP contribution in [0.1, 0.15) is 21.5 Å². The third-order valence-electron chi connectivity index (χ3n) is 10.3. The molecule has 3 aliphatic rings. The van der Waals surface area contributed by atoms with E-state index in [0.717, 1.165) is 11.6 Å². The van der Waals surface area contributed by atoms with Crippen molar-refractivity contribution >= 4 is 34.7 Å². The number of Topliss-reactive ketones (excluding diaryl/α,β-unsaturated/α-hetero) is 1. The van der Waals surface area contributed by atoms with Crippen molar-refractivity contribution in [3.05, 3.63) is 95.3 Å². The minimum Gasteiger partial charge on any atom is -0.504 e. The summed E-state index contributed by atoms with van der Waals surface area (Å²) in [6, 6.07) is 18.0. The molecule has 0 unspecified atom stereocenters. The van der Waals surface area contributed by atoms with Crippen LogP contribution in [0, 0.1) is 0 Å². The Morgan fingerprint density at radius 3 is 2.17 bits per heavy atom. The van der Waals surface area contributed by atoms with E-state index in [0.29, 0.717) is 27.5 Å². The molecule has 2 fully saturated rings. The molecule has 0 aromatic heterocycles. The lowest BCUT2D eigenvalue weighted by atomic mass is 9.86. The second kappa shape index (κ2) is 17.3. The van der Waals surface area contributed by atoms with E-state index >= 15 is 0 Å². The number of ketones is 1. The van der Waals surface area contributed by atoms with Crippen LogP contribution in [0.25, 0.3) is 34.1 Å². The predicted octanol–water partition coefficient (Wildman–Crippen LogP) is 1.38. The molecular weight excluding hydrogens is 776 g/mol. The Labute approximate surface area is 336 Å². The summed E-state index contributed by atoms with van der Waals surface area (Å²) in [5.74, 6) is -1.85. The standard InChI is InChI=1S/C42H42O17/c1-53-26-15-21-16-27(54-2)39(32-22(20-6-4-3-5-7-20)10-11-23(31(21)32)33(26)47)58-42-40(37(51)34(48)28(17-43)56-42)59-41-38(52)36(50)35(49)29(57-41)18-55-30(46)13-9-19-8-12-24(44)25(45)14-19/h3-16,28-29,34-38,40-45,48-52H,17-18H2,1-2H3/b13-9+/t28-,29-,34-,35-,36+,37+,38-,40-,41+,42+/m1/s1. The number of phenols is 2. The van der Waals surface area contributed by atoms with Gasteiger partial charge < -0.3 is 74.0 Å². The molecule has 2 saturated heterocycles. The van der Waals surface area contributed by atoms with Crippen molar-refractivity contribution in [3.63, 3.8) is 0 Å². The molecule has 0 saturated carbocycles. The molecule has 2 aliphatic heterocycles. The van der Waals surface area contributed by atoms with E-state index in [4.69, 9.17) is 33.2 Å². The molecule has 17 nitrogen and oxygen atoms in total. The molecule has 4 aromatic carbocycles. The maximum absolute atomic E-state index is 13.6. The van der Waals surface area contributed by atoms with Crippen LogP contribution in [0.3, 0.4) is 0 Å². The largest absolute Gasteiger partial charge is 0.504 e. The van der Waals surface area contributed by atoms with Gasteiger partial charge in [-0.15, -0.1) is 0 Å². The maximum atomic E-state index is 13.6. The highest BCUT2D eigenvalue weighted by atomic mass is 16.8. The summed E-state index contributed by atoms with van der Waals surface area (Å²) in [5.41, 5.74) is 2.52. The normalized spacial score (nSPS) is 28.0. The first kappa shape index (κ1) is 41.6. The summed E-state index contributed by atoms with van der Waals surface area (Å²) in [4.78, 5) is 26.1. The van der Waals surface area contributed by atoms with Gasteiger partial charge in [-0.25, -0.2) is 4.79 Å². The molecular formula is C42H42O17. The van der Waals surface area contributed by atoms with Gasteiger partial charge in [0.05, 0.1) is 20.8 Å². The average molecular weight is 819 g/mol. The van der Waals surface area contributed by atoms with Crippen molar-refractivity contribution in [1.82, 2.24) is 0 Å². The highest BCUT2D eigenvalue weighted by molar-refractivity contribution is 6.25. The van der Waals surface area contributed by atoms with Gasteiger partial charge in [0.2, 0.25) is 12.1 Å². The first-order valence-electron chi connectivity index (χ1n) is 18.4. The Hall–Kier alpha value is -5.60. The van der Waals surface area contributed by atoms with E-state index in [9.17, 15) is 50.4 Å². The number of methoxy groups -OCH3 is 2. The lowest BCUT2D eigenvalue weighted by Crippen LogP contribution is -2.65. The molecule has 0 spiro atoms. The maximum Gasteiger partial charge on any atom is 0.330 e. The highest BCUT2D eigenvalue weighted by Crippen LogP contribution is 2.48. The summed E-state index contributed by atoms with van der Waals surface area (Å²) in [7, 11) is 2.76. The number of carbonyl (C=O) groups excluding carboxylic acids is 2. The Morgan fingerprint density at radius 1 is 0.763 bits per heavy atom. The number of aliphatic hydroxyl groups is 6. The van der Waals surface area contributed by atoms with Crippen LogP contribution in [-0.2, 0) is 28.5 Å². The number of allylic oxidation sites excluding steroid dienone is 1. The van der Waals surface area contributed by atoms with E-state index in [1.807, 2.05) is 30.3 Å². The van der Waals surface area contributed by atoms with E-state index in [1.165, 1.54) is 38.5 Å². The Bertz CT molecular complexity index is 2260. The first-order valence-corrected chi connectivity index (χ1v) is 18.4. The van der Waals surface area contributed by atoms with Crippen LogP contribution in [0.4, 0.5) is 0 Å². The number of aromatic hydroxyl groups is 2. The Kier molecular flexibility index (Phi) is 12.2. The van der Waals surface area contributed by atoms with E-state index in [2.05, 4.69) is 0 Å². The Balaban J connectivity index is 1.21. The molecule has 4 aromatic rings. The van der Waals surface area contributed by atoms with Gasteiger partial charge in [0.1, 0.15) is 49.3 Å². The van der Waals surface area contributed by atoms with Gasteiger partial charge in [0.25, 0.3) is 0 Å². The van der Waals surface area contributed by atoms with Crippen molar-refractivity contribution in [2.24, 2.45) is 0 Å². The quantitative estimate of drug-likeness (QED) is 0.0570. The fraction of sp³-hybridized carbons (Fsp3) is 0.333. The van der Waals surface area contributed by atoms with Crippen LogP contribution in [0.5, 0.6) is 23.0 Å². The summed E-state index contributed by atoms with van der Waals surface area (Å²) < 4.78 is 40.6. The summed E-state index contributed by atoms with van der Waals surface area (Å²) in [5, 5.41) is 85.2. The van der Waals surface area contributed by atoms with E-state index < -0.39 is 92.1 Å². The van der Waals surface area contributed by atoms with Crippen LogP contribution in [0.15, 0.2) is 78.6 Å². The third kappa shape index (κ3) is 8.07. The number of benzene rings is 4. The van der Waals surface area contributed by atoms with Gasteiger partial charge in [-0.1, -0.05) is 42.5 Å². The van der Waals surface area contributed by atoms with Gasteiger partial charge in [-0.3, -0.25) is 4.79 Å². The molecule has 10 atom stereocenters. The summed E-state index contributed by atoms with van der Waals surface area (Å²) >= 11 is 0. The number of hydrogen-bond donors (Lipinski definition) is 8. The molecule has 59 heavy (non-hydrogen) atoms. The lowest BCUT2D eigenvalue weighted by Gasteiger charge is -2.46. The van der Waals surface area contributed by atoms with Gasteiger partial charge in [0.15, 0.2) is 41.2 Å².